The quantitative estimate of drug-likeness (QED) is 0.794. The molecule has 0 aromatic heterocycles. The van der Waals surface area contributed by atoms with E-state index in [9.17, 15) is 22.4 Å². The first-order valence-electron chi connectivity index (χ1n) is 6.62. The van der Waals surface area contributed by atoms with E-state index in [0.717, 1.165) is 18.6 Å². The smallest absolute Gasteiger partial charge is 0.355 e. The summed E-state index contributed by atoms with van der Waals surface area (Å²) in [6, 6.07) is 1.86. The minimum absolute atomic E-state index is 0.0981. The second-order valence-electron chi connectivity index (χ2n) is 4.69. The molecule has 1 atom stereocenters. The Hall–Kier alpha value is -1.63. The van der Waals surface area contributed by atoms with Crippen LogP contribution in [-0.2, 0) is 17.5 Å². The van der Waals surface area contributed by atoms with Crippen molar-refractivity contribution in [3.05, 3.63) is 35.1 Å². The fourth-order valence-corrected chi connectivity index (χ4v) is 1.72. The molecule has 0 bridgehead atoms. The van der Waals surface area contributed by atoms with Crippen molar-refractivity contribution >= 4 is 5.91 Å². The summed E-state index contributed by atoms with van der Waals surface area (Å²) in [7, 11) is 0. The number of carbonyl (C=O) groups excluding carboxylic acids is 1. The number of nitrogens with one attached hydrogen (secondary N) is 2. The topological polar surface area (TPSA) is 41.1 Å². The Balaban J connectivity index is 2.73. The van der Waals surface area contributed by atoms with Crippen LogP contribution in [0.5, 0.6) is 0 Å². The van der Waals surface area contributed by atoms with Crippen LogP contribution in [0.2, 0.25) is 0 Å². The van der Waals surface area contributed by atoms with Gasteiger partial charge >= 0.3 is 6.18 Å². The summed E-state index contributed by atoms with van der Waals surface area (Å²) in [5, 5.41) is 5.34. The van der Waals surface area contributed by atoms with Crippen LogP contribution in [0, 0.1) is 5.82 Å². The highest BCUT2D eigenvalue weighted by atomic mass is 19.4. The monoisotopic (exact) mass is 306 g/mol. The molecule has 1 amide bonds. The van der Waals surface area contributed by atoms with Crippen LogP contribution < -0.4 is 10.6 Å². The maximum atomic E-state index is 13.0. The molecule has 0 aliphatic rings. The normalized spacial score (nSPS) is 13.0. The van der Waals surface area contributed by atoms with Crippen molar-refractivity contribution < 1.29 is 22.4 Å². The number of carbonyl (C=O) groups is 1. The van der Waals surface area contributed by atoms with E-state index < -0.39 is 23.6 Å². The lowest BCUT2D eigenvalue weighted by atomic mass is 10.1. The summed E-state index contributed by atoms with van der Waals surface area (Å²) >= 11 is 0. The number of benzene rings is 1. The molecule has 0 radical (unpaired) electrons. The van der Waals surface area contributed by atoms with E-state index in [-0.39, 0.29) is 18.0 Å². The maximum absolute atomic E-state index is 13.0. The first-order chi connectivity index (χ1) is 9.75. The van der Waals surface area contributed by atoms with Gasteiger partial charge in [-0.15, -0.1) is 0 Å². The zero-order chi connectivity index (χ0) is 16.0. The number of rotatable bonds is 6. The van der Waals surface area contributed by atoms with Gasteiger partial charge in [0.05, 0.1) is 11.6 Å². The lowest BCUT2D eigenvalue weighted by Crippen LogP contribution is -2.42. The average molecular weight is 306 g/mol. The van der Waals surface area contributed by atoms with Crippen LogP contribution >= 0.6 is 0 Å². The van der Waals surface area contributed by atoms with Crippen LogP contribution in [0.1, 0.15) is 31.4 Å². The molecule has 21 heavy (non-hydrogen) atoms. The van der Waals surface area contributed by atoms with Gasteiger partial charge in [0, 0.05) is 13.1 Å². The molecule has 0 heterocycles. The predicted octanol–water partition coefficient (Wildman–Crippen LogP) is 2.85. The zero-order valence-electron chi connectivity index (χ0n) is 11.9. The second-order valence-corrected chi connectivity index (χ2v) is 4.69. The summed E-state index contributed by atoms with van der Waals surface area (Å²) in [4.78, 5) is 11.6. The summed E-state index contributed by atoms with van der Waals surface area (Å²) in [5.41, 5.74) is -1.13. The van der Waals surface area contributed by atoms with Crippen molar-refractivity contribution in [1.29, 1.82) is 0 Å². The van der Waals surface area contributed by atoms with Gasteiger partial charge in [-0.2, -0.15) is 13.2 Å². The number of hydrogen-bond acceptors (Lipinski definition) is 2. The number of hydrogen-bond donors (Lipinski definition) is 2. The maximum Gasteiger partial charge on any atom is 0.416 e. The first-order valence-corrected chi connectivity index (χ1v) is 6.62. The average Bonchev–Trinajstić information content (AvgIpc) is 2.41. The largest absolute Gasteiger partial charge is 0.416 e. The van der Waals surface area contributed by atoms with E-state index in [1.165, 1.54) is 0 Å². The Labute approximate surface area is 120 Å². The van der Waals surface area contributed by atoms with Gasteiger partial charge in [-0.1, -0.05) is 13.0 Å². The van der Waals surface area contributed by atoms with Gasteiger partial charge in [-0.25, -0.2) is 4.39 Å². The van der Waals surface area contributed by atoms with Crippen LogP contribution in [0.15, 0.2) is 18.2 Å². The molecule has 1 rings (SSSR count). The molecule has 0 saturated heterocycles. The molecule has 0 aliphatic heterocycles. The second kappa shape index (κ2) is 7.40. The molecule has 7 heteroatoms. The van der Waals surface area contributed by atoms with E-state index in [2.05, 4.69) is 10.6 Å². The van der Waals surface area contributed by atoms with Crippen molar-refractivity contribution in [3.63, 3.8) is 0 Å². The highest BCUT2D eigenvalue weighted by Crippen LogP contribution is 2.32. The van der Waals surface area contributed by atoms with Gasteiger partial charge in [0.2, 0.25) is 5.91 Å². The van der Waals surface area contributed by atoms with E-state index in [0.29, 0.717) is 12.6 Å². The Morgan fingerprint density at radius 1 is 1.33 bits per heavy atom. The highest BCUT2D eigenvalue weighted by molar-refractivity contribution is 5.81. The molecular weight excluding hydrogens is 288 g/mol. The van der Waals surface area contributed by atoms with Crippen LogP contribution in [0.4, 0.5) is 17.6 Å². The van der Waals surface area contributed by atoms with Crippen molar-refractivity contribution in [3.8, 4) is 0 Å². The minimum Gasteiger partial charge on any atom is -0.355 e. The van der Waals surface area contributed by atoms with Gasteiger partial charge in [0.25, 0.3) is 0 Å². The summed E-state index contributed by atoms with van der Waals surface area (Å²) < 4.78 is 51.4. The molecule has 0 fully saturated rings. The molecule has 0 saturated carbocycles. The van der Waals surface area contributed by atoms with Crippen molar-refractivity contribution in [2.45, 2.75) is 39.0 Å². The fraction of sp³-hybridized carbons (Fsp3) is 0.500. The van der Waals surface area contributed by atoms with Gasteiger partial charge in [-0.3, -0.25) is 4.79 Å². The molecule has 1 aromatic rings. The van der Waals surface area contributed by atoms with E-state index in [4.69, 9.17) is 0 Å². The lowest BCUT2D eigenvalue weighted by Gasteiger charge is -2.17. The Bertz CT molecular complexity index is 488. The van der Waals surface area contributed by atoms with Gasteiger partial charge in [-0.05, 0) is 31.0 Å². The summed E-state index contributed by atoms with van der Waals surface area (Å²) in [5.74, 6) is -1.23. The fourth-order valence-electron chi connectivity index (χ4n) is 1.72. The van der Waals surface area contributed by atoms with Gasteiger partial charge < -0.3 is 10.6 Å². The molecule has 2 N–H and O–H groups in total. The Morgan fingerprint density at radius 2 is 2.00 bits per heavy atom. The van der Waals surface area contributed by atoms with Crippen LogP contribution in [-0.4, -0.2) is 18.5 Å². The third-order valence-electron chi connectivity index (χ3n) is 2.92. The van der Waals surface area contributed by atoms with Crippen molar-refractivity contribution in [2.75, 3.05) is 6.54 Å². The van der Waals surface area contributed by atoms with Crippen LogP contribution in [0.25, 0.3) is 0 Å². The van der Waals surface area contributed by atoms with Crippen molar-refractivity contribution in [1.82, 2.24) is 10.6 Å². The molecule has 118 valence electrons. The minimum atomic E-state index is -4.63. The van der Waals surface area contributed by atoms with Gasteiger partial charge in [0.15, 0.2) is 0 Å². The Kier molecular flexibility index (Phi) is 6.14. The van der Waals surface area contributed by atoms with Crippen molar-refractivity contribution in [2.24, 2.45) is 0 Å². The highest BCUT2D eigenvalue weighted by Gasteiger charge is 2.33. The third kappa shape index (κ3) is 5.34. The summed E-state index contributed by atoms with van der Waals surface area (Å²) in [6.45, 7) is 3.79. The molecule has 0 aliphatic carbocycles. The molecule has 0 spiro atoms. The van der Waals surface area contributed by atoms with Crippen LogP contribution in [0.3, 0.4) is 0 Å². The molecule has 1 aromatic carbocycles. The molecule has 1 unspecified atom stereocenters. The number of halogens is 4. The Morgan fingerprint density at radius 3 is 2.57 bits per heavy atom. The zero-order valence-corrected chi connectivity index (χ0v) is 11.9. The molecular formula is C14H18F4N2O. The SMILES string of the molecule is CCCNC(=O)C(C)NCc1ccc(F)cc1C(F)(F)F. The lowest BCUT2D eigenvalue weighted by molar-refractivity contribution is -0.138. The van der Waals surface area contributed by atoms with Gasteiger partial charge in [0.1, 0.15) is 5.82 Å². The molecule has 3 nitrogen and oxygen atoms in total. The van der Waals surface area contributed by atoms with E-state index in [1.807, 2.05) is 6.92 Å². The predicted molar refractivity (Wildman–Crippen MR) is 71.0 cm³/mol. The summed E-state index contributed by atoms with van der Waals surface area (Å²) in [6.07, 6.45) is -3.86. The first kappa shape index (κ1) is 17.4. The van der Waals surface area contributed by atoms with E-state index in [1.54, 1.807) is 6.92 Å². The number of alkyl halides is 3. The van der Waals surface area contributed by atoms with E-state index >= 15 is 0 Å². The standard InChI is InChI=1S/C14H18F4N2O/c1-3-6-19-13(21)9(2)20-8-10-4-5-11(15)7-12(10)14(16,17)18/h4-5,7,9,20H,3,6,8H2,1-2H3,(H,19,21). The number of amides is 1. The third-order valence-corrected chi connectivity index (χ3v) is 2.92.